The predicted octanol–water partition coefficient (Wildman–Crippen LogP) is 3.94. The van der Waals surface area contributed by atoms with Gasteiger partial charge >= 0.3 is 0 Å². The van der Waals surface area contributed by atoms with E-state index in [2.05, 4.69) is 39.0 Å². The van der Waals surface area contributed by atoms with E-state index in [0.29, 0.717) is 0 Å². The summed E-state index contributed by atoms with van der Waals surface area (Å²) in [4.78, 5) is 20.2. The maximum absolute atomic E-state index is 13.0. The third-order valence-electron chi connectivity index (χ3n) is 6.59. The lowest BCUT2D eigenvalue weighted by Gasteiger charge is -2.38. The molecule has 0 bridgehead atoms. The summed E-state index contributed by atoms with van der Waals surface area (Å²) in [5.74, 6) is 1.04. The molecule has 0 N–H and O–H groups in total. The summed E-state index contributed by atoms with van der Waals surface area (Å²) in [5, 5.41) is 0. The number of hydrogen-bond acceptors (Lipinski definition) is 5. The molecule has 5 heteroatoms. The summed E-state index contributed by atoms with van der Waals surface area (Å²) in [6, 6.07) is 18.1. The van der Waals surface area contributed by atoms with E-state index in [4.69, 9.17) is 4.74 Å². The fourth-order valence-corrected chi connectivity index (χ4v) is 4.61. The Balaban J connectivity index is 1.22. The van der Waals surface area contributed by atoms with Crippen molar-refractivity contribution in [3.05, 3.63) is 60.2 Å². The quantitative estimate of drug-likeness (QED) is 0.453. The summed E-state index contributed by atoms with van der Waals surface area (Å²) in [6.45, 7) is 10.0. The Morgan fingerprint density at radius 3 is 2.26 bits per heavy atom. The van der Waals surface area contributed by atoms with Gasteiger partial charge in [0.2, 0.25) is 0 Å². The van der Waals surface area contributed by atoms with Gasteiger partial charge in [-0.25, -0.2) is 0 Å². The van der Waals surface area contributed by atoms with Crippen LogP contribution in [0.5, 0.6) is 5.75 Å². The largest absolute Gasteiger partial charge is 0.494 e. The van der Waals surface area contributed by atoms with Gasteiger partial charge in [0, 0.05) is 44.0 Å². The van der Waals surface area contributed by atoms with Crippen LogP contribution >= 0.6 is 0 Å². The third kappa shape index (κ3) is 5.86. The molecule has 0 aromatic heterocycles. The van der Waals surface area contributed by atoms with E-state index in [1.165, 1.54) is 31.6 Å². The molecule has 2 fully saturated rings. The molecule has 0 spiro atoms. The first-order valence-corrected chi connectivity index (χ1v) is 11.7. The molecule has 2 aliphatic rings. The second kappa shape index (κ2) is 10.8. The standard InChI is InChI=1S/C26H35N3O2/c1-22(28-17-19-29(20-18-28)24-8-3-2-4-9-24)26(30)23-10-12-25(13-11-23)31-21-7-16-27-14-5-6-15-27/h2-4,8-13,22H,5-7,14-21H2,1H3. The highest BCUT2D eigenvalue weighted by molar-refractivity contribution is 6.00. The van der Waals surface area contributed by atoms with Gasteiger partial charge in [0.25, 0.3) is 0 Å². The second-order valence-corrected chi connectivity index (χ2v) is 8.67. The van der Waals surface area contributed by atoms with Gasteiger partial charge < -0.3 is 14.5 Å². The molecular weight excluding hydrogens is 386 g/mol. The van der Waals surface area contributed by atoms with Crippen LogP contribution in [0, 0.1) is 0 Å². The van der Waals surface area contributed by atoms with Crippen molar-refractivity contribution in [2.24, 2.45) is 0 Å². The lowest BCUT2D eigenvalue weighted by atomic mass is 10.0. The molecule has 5 nitrogen and oxygen atoms in total. The van der Waals surface area contributed by atoms with Crippen molar-refractivity contribution in [3.63, 3.8) is 0 Å². The maximum atomic E-state index is 13.0. The van der Waals surface area contributed by atoms with E-state index >= 15 is 0 Å². The number of benzene rings is 2. The molecule has 2 aromatic carbocycles. The topological polar surface area (TPSA) is 36.0 Å². The number of anilines is 1. The number of ether oxygens (including phenoxy) is 1. The first kappa shape index (κ1) is 21.8. The first-order valence-electron chi connectivity index (χ1n) is 11.7. The summed E-state index contributed by atoms with van der Waals surface area (Å²) in [5.41, 5.74) is 2.03. The third-order valence-corrected chi connectivity index (χ3v) is 6.59. The minimum Gasteiger partial charge on any atom is -0.494 e. The van der Waals surface area contributed by atoms with Crippen molar-refractivity contribution in [2.75, 3.05) is 57.3 Å². The van der Waals surface area contributed by atoms with E-state index in [9.17, 15) is 4.79 Å². The fraction of sp³-hybridized carbons (Fsp3) is 0.500. The van der Waals surface area contributed by atoms with Crippen molar-refractivity contribution in [2.45, 2.75) is 32.2 Å². The van der Waals surface area contributed by atoms with Crippen molar-refractivity contribution < 1.29 is 9.53 Å². The molecule has 2 saturated heterocycles. The minimum atomic E-state index is -0.106. The van der Waals surface area contributed by atoms with Gasteiger partial charge in [0.15, 0.2) is 5.78 Å². The fourth-order valence-electron chi connectivity index (χ4n) is 4.61. The zero-order valence-electron chi connectivity index (χ0n) is 18.7. The van der Waals surface area contributed by atoms with Gasteiger partial charge in [0.1, 0.15) is 5.75 Å². The molecule has 2 aliphatic heterocycles. The molecule has 1 atom stereocenters. The van der Waals surface area contributed by atoms with E-state index in [1.807, 2.05) is 37.3 Å². The highest BCUT2D eigenvalue weighted by atomic mass is 16.5. The number of likely N-dealkylation sites (tertiary alicyclic amines) is 1. The second-order valence-electron chi connectivity index (χ2n) is 8.67. The molecule has 0 amide bonds. The Morgan fingerprint density at radius 1 is 0.903 bits per heavy atom. The minimum absolute atomic E-state index is 0.106. The smallest absolute Gasteiger partial charge is 0.179 e. The van der Waals surface area contributed by atoms with Crippen molar-refractivity contribution in [3.8, 4) is 5.75 Å². The van der Waals surface area contributed by atoms with Gasteiger partial charge in [-0.05, 0) is 75.7 Å². The molecular formula is C26H35N3O2. The highest BCUT2D eigenvalue weighted by Gasteiger charge is 2.26. The van der Waals surface area contributed by atoms with Crippen LogP contribution < -0.4 is 9.64 Å². The van der Waals surface area contributed by atoms with Crippen LogP contribution in [0.3, 0.4) is 0 Å². The van der Waals surface area contributed by atoms with Gasteiger partial charge in [0.05, 0.1) is 12.6 Å². The molecule has 2 heterocycles. The lowest BCUT2D eigenvalue weighted by Crippen LogP contribution is -2.51. The molecule has 0 saturated carbocycles. The number of ketones is 1. The Bertz CT molecular complexity index is 810. The average Bonchev–Trinajstić information content (AvgIpc) is 3.36. The predicted molar refractivity (Wildman–Crippen MR) is 126 cm³/mol. The van der Waals surface area contributed by atoms with Crippen LogP contribution in [0.2, 0.25) is 0 Å². The summed E-state index contributed by atoms with van der Waals surface area (Å²) < 4.78 is 5.88. The summed E-state index contributed by atoms with van der Waals surface area (Å²) >= 11 is 0. The van der Waals surface area contributed by atoms with Crippen LogP contribution in [-0.4, -0.2) is 74.0 Å². The van der Waals surface area contributed by atoms with Crippen LogP contribution in [0.1, 0.15) is 36.5 Å². The number of para-hydroxylation sites is 1. The van der Waals surface area contributed by atoms with Gasteiger partial charge in [-0.2, -0.15) is 0 Å². The Kier molecular flexibility index (Phi) is 7.60. The molecule has 4 rings (SSSR count). The van der Waals surface area contributed by atoms with Gasteiger partial charge in [-0.1, -0.05) is 18.2 Å². The number of nitrogens with zero attached hydrogens (tertiary/aromatic N) is 3. The monoisotopic (exact) mass is 421 g/mol. The SMILES string of the molecule is CC(C(=O)c1ccc(OCCCN2CCCC2)cc1)N1CCN(c2ccccc2)CC1. The van der Waals surface area contributed by atoms with Gasteiger partial charge in [-0.3, -0.25) is 9.69 Å². The number of carbonyl (C=O) groups excluding carboxylic acids is 1. The maximum Gasteiger partial charge on any atom is 0.179 e. The molecule has 31 heavy (non-hydrogen) atoms. The van der Waals surface area contributed by atoms with Crippen molar-refractivity contribution >= 4 is 11.5 Å². The van der Waals surface area contributed by atoms with Crippen molar-refractivity contribution in [1.29, 1.82) is 0 Å². The molecule has 2 aromatic rings. The van der Waals surface area contributed by atoms with E-state index in [0.717, 1.165) is 57.1 Å². The van der Waals surface area contributed by atoms with Crippen molar-refractivity contribution in [1.82, 2.24) is 9.80 Å². The zero-order chi connectivity index (χ0) is 21.5. The normalized spacial score (nSPS) is 18.8. The van der Waals surface area contributed by atoms with Crippen LogP contribution in [-0.2, 0) is 0 Å². The van der Waals surface area contributed by atoms with E-state index in [-0.39, 0.29) is 11.8 Å². The highest BCUT2D eigenvalue weighted by Crippen LogP contribution is 2.19. The Hall–Kier alpha value is -2.37. The summed E-state index contributed by atoms with van der Waals surface area (Å²) in [6.07, 6.45) is 3.71. The average molecular weight is 422 g/mol. The van der Waals surface area contributed by atoms with Crippen LogP contribution in [0.25, 0.3) is 0 Å². The van der Waals surface area contributed by atoms with E-state index in [1.54, 1.807) is 0 Å². The van der Waals surface area contributed by atoms with E-state index < -0.39 is 0 Å². The molecule has 1 unspecified atom stereocenters. The van der Waals surface area contributed by atoms with Crippen LogP contribution in [0.4, 0.5) is 5.69 Å². The molecule has 0 radical (unpaired) electrons. The number of Topliss-reactive ketones (excluding diaryl/α,β-unsaturated/α-hetero) is 1. The molecule has 0 aliphatic carbocycles. The zero-order valence-corrected chi connectivity index (χ0v) is 18.7. The number of piperazine rings is 1. The Morgan fingerprint density at radius 2 is 1.58 bits per heavy atom. The number of rotatable bonds is 9. The van der Waals surface area contributed by atoms with Crippen LogP contribution in [0.15, 0.2) is 54.6 Å². The number of hydrogen-bond donors (Lipinski definition) is 0. The lowest BCUT2D eigenvalue weighted by molar-refractivity contribution is 0.0830. The number of carbonyl (C=O) groups is 1. The van der Waals surface area contributed by atoms with Gasteiger partial charge in [-0.15, -0.1) is 0 Å². The summed E-state index contributed by atoms with van der Waals surface area (Å²) in [7, 11) is 0. The molecule has 166 valence electrons. The first-order chi connectivity index (χ1) is 15.2. The Labute approximate surface area is 186 Å².